The lowest BCUT2D eigenvalue weighted by atomic mass is 9.53. The minimum Gasteiger partial charge on any atom is -0.440 e. The van der Waals surface area contributed by atoms with Gasteiger partial charge in [-0.2, -0.15) is 0 Å². The van der Waals surface area contributed by atoms with E-state index in [0.717, 1.165) is 12.8 Å². The fourth-order valence-electron chi connectivity index (χ4n) is 4.58. The largest absolute Gasteiger partial charge is 0.440 e. The number of carbonyl (C=O) groups is 1. The molecule has 4 nitrogen and oxygen atoms in total. The van der Waals surface area contributed by atoms with Crippen LogP contribution in [0.25, 0.3) is 0 Å². The molecule has 4 heteroatoms. The van der Waals surface area contributed by atoms with Crippen molar-refractivity contribution in [2.75, 3.05) is 13.2 Å². The molecule has 2 fully saturated rings. The molecule has 0 N–H and O–H groups in total. The Kier molecular flexibility index (Phi) is 5.47. The van der Waals surface area contributed by atoms with E-state index in [0.29, 0.717) is 13.2 Å². The van der Waals surface area contributed by atoms with Gasteiger partial charge in [0.05, 0.1) is 6.42 Å². The van der Waals surface area contributed by atoms with Crippen LogP contribution in [0.1, 0.15) is 53.9 Å². The summed E-state index contributed by atoms with van der Waals surface area (Å²) in [6.07, 6.45) is 3.46. The van der Waals surface area contributed by atoms with Gasteiger partial charge in [-0.1, -0.05) is 19.9 Å². The lowest BCUT2D eigenvalue weighted by molar-refractivity contribution is -0.296. The van der Waals surface area contributed by atoms with E-state index in [1.165, 1.54) is 0 Å². The second-order valence-corrected chi connectivity index (χ2v) is 7.04. The van der Waals surface area contributed by atoms with Gasteiger partial charge >= 0.3 is 5.97 Å². The van der Waals surface area contributed by atoms with Crippen molar-refractivity contribution in [3.63, 3.8) is 0 Å². The molecule has 2 aliphatic rings. The Bertz CT molecular complexity index is 560. The Hall–Kier alpha value is -1.31. The highest BCUT2D eigenvalue weighted by molar-refractivity contribution is 5.74. The van der Waals surface area contributed by atoms with Crippen LogP contribution in [0.4, 0.5) is 0 Å². The summed E-state index contributed by atoms with van der Waals surface area (Å²) >= 11 is 0. The number of carbonyl (C=O) groups excluding carboxylic acids is 1. The molecule has 1 aliphatic heterocycles. The predicted molar refractivity (Wildman–Crippen MR) is 93.4 cm³/mol. The molecule has 1 saturated carbocycles. The Morgan fingerprint density at radius 2 is 2.12 bits per heavy atom. The zero-order valence-electron chi connectivity index (χ0n) is 15.6. The maximum Gasteiger partial charge on any atom is 0.308 e. The maximum absolute atomic E-state index is 12.5. The van der Waals surface area contributed by atoms with Gasteiger partial charge in [0.1, 0.15) is 11.7 Å². The minimum absolute atomic E-state index is 0.222. The van der Waals surface area contributed by atoms with Crippen LogP contribution in [-0.4, -0.2) is 36.5 Å². The van der Waals surface area contributed by atoms with Gasteiger partial charge in [-0.05, 0) is 45.5 Å². The number of esters is 1. The average Bonchev–Trinajstić information content (AvgIpc) is 2.53. The van der Waals surface area contributed by atoms with Crippen LogP contribution in [0, 0.1) is 23.2 Å². The maximum atomic E-state index is 12.5. The predicted octanol–water partition coefficient (Wildman–Crippen LogP) is 3.50. The lowest BCUT2D eigenvalue weighted by Gasteiger charge is -2.62. The van der Waals surface area contributed by atoms with E-state index >= 15 is 0 Å². The first-order valence-corrected chi connectivity index (χ1v) is 8.91. The molecule has 0 spiro atoms. The van der Waals surface area contributed by atoms with Crippen LogP contribution in [0.15, 0.2) is 12.7 Å². The van der Waals surface area contributed by atoms with E-state index in [2.05, 4.69) is 25.3 Å². The monoisotopic (exact) mass is 334 g/mol. The molecule has 1 aliphatic carbocycles. The number of ether oxygens (including phenoxy) is 3. The topological polar surface area (TPSA) is 44.8 Å². The summed E-state index contributed by atoms with van der Waals surface area (Å²) in [5.74, 6) is 6.15. The zero-order valence-corrected chi connectivity index (χ0v) is 15.6. The van der Waals surface area contributed by atoms with Crippen LogP contribution >= 0.6 is 0 Å². The van der Waals surface area contributed by atoms with Gasteiger partial charge in [-0.15, -0.1) is 12.5 Å². The first-order chi connectivity index (χ1) is 11.4. The van der Waals surface area contributed by atoms with Gasteiger partial charge in [0.15, 0.2) is 0 Å². The number of rotatable bonds is 5. The van der Waals surface area contributed by atoms with Gasteiger partial charge in [-0.25, -0.2) is 0 Å². The highest BCUT2D eigenvalue weighted by atomic mass is 16.6. The molecule has 24 heavy (non-hydrogen) atoms. The van der Waals surface area contributed by atoms with Crippen LogP contribution in [-0.2, 0) is 19.0 Å². The number of hydrogen-bond acceptors (Lipinski definition) is 4. The highest BCUT2D eigenvalue weighted by Crippen LogP contribution is 2.59. The third kappa shape index (κ3) is 2.50. The quantitative estimate of drug-likeness (QED) is 0.438. The third-order valence-corrected chi connectivity index (χ3v) is 5.68. The van der Waals surface area contributed by atoms with Gasteiger partial charge in [0, 0.05) is 18.6 Å². The van der Waals surface area contributed by atoms with E-state index in [1.54, 1.807) is 6.92 Å². The van der Waals surface area contributed by atoms with Crippen LogP contribution in [0.3, 0.4) is 0 Å². The summed E-state index contributed by atoms with van der Waals surface area (Å²) in [6, 6.07) is 0. The Morgan fingerprint density at radius 1 is 1.42 bits per heavy atom. The average molecular weight is 334 g/mol. The SMILES string of the molecule is C=CC1(C)CC(=O)OC2(C#CC)C(OCC)C(C)CC[C@]12OCC. The molecule has 0 bridgehead atoms. The third-order valence-electron chi connectivity index (χ3n) is 5.68. The fraction of sp³-hybridized carbons (Fsp3) is 0.750. The van der Waals surface area contributed by atoms with E-state index in [1.807, 2.05) is 26.8 Å². The summed E-state index contributed by atoms with van der Waals surface area (Å²) in [6.45, 7) is 14.9. The van der Waals surface area contributed by atoms with Crippen molar-refractivity contribution in [3.05, 3.63) is 12.7 Å². The summed E-state index contributed by atoms with van der Waals surface area (Å²) in [5, 5.41) is 0. The molecule has 0 aromatic heterocycles. The molecular formula is C20H30O4. The molecule has 2 rings (SSSR count). The van der Waals surface area contributed by atoms with E-state index in [4.69, 9.17) is 14.2 Å². The van der Waals surface area contributed by atoms with Crippen molar-refractivity contribution in [1.82, 2.24) is 0 Å². The van der Waals surface area contributed by atoms with E-state index < -0.39 is 16.6 Å². The molecule has 0 amide bonds. The van der Waals surface area contributed by atoms with Crippen molar-refractivity contribution in [2.45, 2.75) is 71.2 Å². The van der Waals surface area contributed by atoms with Crippen molar-refractivity contribution in [3.8, 4) is 11.8 Å². The van der Waals surface area contributed by atoms with E-state index in [-0.39, 0.29) is 24.4 Å². The molecule has 1 heterocycles. The Balaban J connectivity index is 2.76. The number of fused-ring (bicyclic) bond motifs is 1. The molecule has 5 atom stereocenters. The normalized spacial score (nSPS) is 41.6. The van der Waals surface area contributed by atoms with Crippen molar-refractivity contribution in [2.24, 2.45) is 11.3 Å². The summed E-state index contributed by atoms with van der Waals surface area (Å²) in [7, 11) is 0. The standard InChI is InChI=1S/C20H30O4/c1-7-12-19-17(22-9-3)15(5)11-13-20(19,23-10-4)18(6,8-2)14-16(21)24-19/h8,15,17H,2,9-11,13-14H2,1,3-6H3/t15?,17?,18?,19?,20-/m0/s1. The Labute approximate surface area is 145 Å². The van der Waals surface area contributed by atoms with Crippen LogP contribution < -0.4 is 0 Å². The molecule has 0 radical (unpaired) electrons. The van der Waals surface area contributed by atoms with Gasteiger partial charge in [0.2, 0.25) is 5.60 Å². The molecular weight excluding hydrogens is 304 g/mol. The molecule has 1 saturated heterocycles. The van der Waals surface area contributed by atoms with Gasteiger partial charge < -0.3 is 14.2 Å². The molecule has 4 unspecified atom stereocenters. The number of hydrogen-bond donors (Lipinski definition) is 0. The smallest absolute Gasteiger partial charge is 0.308 e. The highest BCUT2D eigenvalue weighted by Gasteiger charge is 2.72. The summed E-state index contributed by atoms with van der Waals surface area (Å²) < 4.78 is 18.5. The molecule has 134 valence electrons. The van der Waals surface area contributed by atoms with Gasteiger partial charge in [0.25, 0.3) is 0 Å². The van der Waals surface area contributed by atoms with Crippen molar-refractivity contribution >= 4 is 5.97 Å². The summed E-state index contributed by atoms with van der Waals surface area (Å²) in [4.78, 5) is 12.5. The molecule has 0 aromatic carbocycles. The van der Waals surface area contributed by atoms with Crippen molar-refractivity contribution in [1.29, 1.82) is 0 Å². The minimum atomic E-state index is -1.11. The lowest BCUT2D eigenvalue weighted by Crippen LogP contribution is -2.76. The van der Waals surface area contributed by atoms with Crippen molar-refractivity contribution < 1.29 is 19.0 Å². The summed E-state index contributed by atoms with van der Waals surface area (Å²) in [5.41, 5.74) is -2.42. The Morgan fingerprint density at radius 3 is 2.67 bits per heavy atom. The van der Waals surface area contributed by atoms with E-state index in [9.17, 15) is 4.79 Å². The second-order valence-electron chi connectivity index (χ2n) is 7.04. The first-order valence-electron chi connectivity index (χ1n) is 8.91. The molecule has 0 aromatic rings. The van der Waals surface area contributed by atoms with Crippen LogP contribution in [0.5, 0.6) is 0 Å². The van der Waals surface area contributed by atoms with Crippen LogP contribution in [0.2, 0.25) is 0 Å². The first kappa shape index (κ1) is 19.0. The zero-order chi connectivity index (χ0) is 18.0. The second kappa shape index (κ2) is 6.90. The van der Waals surface area contributed by atoms with Gasteiger partial charge in [-0.3, -0.25) is 4.79 Å². The fourth-order valence-corrected chi connectivity index (χ4v) is 4.58.